The number of nitrogens with zero attached hydrogens (tertiary/aromatic N) is 3. The zero-order valence-corrected chi connectivity index (χ0v) is 21.5. The molecule has 2 saturated heterocycles. The van der Waals surface area contributed by atoms with Crippen LogP contribution in [0.25, 0.3) is 10.2 Å². The van der Waals surface area contributed by atoms with Crippen LogP contribution in [0.2, 0.25) is 0 Å². The second kappa shape index (κ2) is 11.7. The quantitative estimate of drug-likeness (QED) is 0.491. The molecule has 1 N–H and O–H groups in total. The fraction of sp³-hybridized carbons (Fsp3) is 0.667. The molecule has 4 rings (SSSR count). The average molecular weight is 524 g/mol. The number of hydrogen-bond acceptors (Lipinski definition) is 6. The van der Waals surface area contributed by atoms with E-state index in [9.17, 15) is 4.79 Å². The highest BCUT2D eigenvalue weighted by molar-refractivity contribution is 9.10. The van der Waals surface area contributed by atoms with Crippen molar-refractivity contribution in [3.63, 3.8) is 0 Å². The van der Waals surface area contributed by atoms with E-state index in [0.717, 1.165) is 71.0 Å². The van der Waals surface area contributed by atoms with E-state index in [1.54, 1.807) is 11.3 Å². The lowest BCUT2D eigenvalue weighted by Gasteiger charge is -2.31. The second-order valence-corrected chi connectivity index (χ2v) is 10.7. The van der Waals surface area contributed by atoms with Crippen LogP contribution in [0.1, 0.15) is 51.9 Å². The summed E-state index contributed by atoms with van der Waals surface area (Å²) in [5.41, 5.74) is 0.990. The maximum absolute atomic E-state index is 12.6. The predicted molar refractivity (Wildman–Crippen MR) is 136 cm³/mol. The summed E-state index contributed by atoms with van der Waals surface area (Å²) in [6.07, 6.45) is 8.22. The number of anilines is 1. The van der Waals surface area contributed by atoms with E-state index in [4.69, 9.17) is 9.72 Å². The Morgan fingerprint density at radius 3 is 2.66 bits per heavy atom. The van der Waals surface area contributed by atoms with Crippen LogP contribution in [-0.2, 0) is 4.79 Å². The van der Waals surface area contributed by atoms with Gasteiger partial charge in [-0.05, 0) is 80.7 Å². The van der Waals surface area contributed by atoms with Crippen LogP contribution in [0.3, 0.4) is 0 Å². The van der Waals surface area contributed by atoms with Gasteiger partial charge in [0.1, 0.15) is 5.75 Å². The summed E-state index contributed by atoms with van der Waals surface area (Å²) in [6.45, 7) is 8.75. The van der Waals surface area contributed by atoms with Crippen LogP contribution in [0.4, 0.5) is 5.13 Å². The fourth-order valence-electron chi connectivity index (χ4n) is 4.67. The lowest BCUT2D eigenvalue weighted by molar-refractivity contribution is -0.125. The third kappa shape index (κ3) is 6.14. The molecule has 1 aromatic carbocycles. The minimum absolute atomic E-state index is 0.123. The molecule has 0 spiro atoms. The highest BCUT2D eigenvalue weighted by atomic mass is 79.9. The van der Waals surface area contributed by atoms with Crippen molar-refractivity contribution in [1.29, 1.82) is 0 Å². The number of likely N-dealkylation sites (tertiary alicyclic amines) is 1. The zero-order valence-electron chi connectivity index (χ0n) is 19.1. The molecule has 176 valence electrons. The van der Waals surface area contributed by atoms with Gasteiger partial charge in [0.05, 0.1) is 21.3 Å². The summed E-state index contributed by atoms with van der Waals surface area (Å²) in [7, 11) is 0. The van der Waals surface area contributed by atoms with Gasteiger partial charge in [-0.1, -0.05) is 24.2 Å². The third-order valence-corrected chi connectivity index (χ3v) is 8.21. The van der Waals surface area contributed by atoms with Crippen molar-refractivity contribution in [2.24, 2.45) is 5.92 Å². The lowest BCUT2D eigenvalue weighted by Crippen LogP contribution is -2.41. The standard InChI is InChI=1S/C24H35BrN4O2S/c1-2-31-21-17-22-20(16-19(21)25)27-24(32-22)29-14-8-18(9-15-29)23(30)26-10-7-13-28-11-5-3-4-6-12-28/h16-18H,2-15H2,1H3,(H,26,30). The van der Waals surface area contributed by atoms with Crippen molar-refractivity contribution in [2.75, 3.05) is 50.8 Å². The summed E-state index contributed by atoms with van der Waals surface area (Å²) in [5, 5.41) is 4.23. The minimum Gasteiger partial charge on any atom is -0.493 e. The van der Waals surface area contributed by atoms with Crippen molar-refractivity contribution in [3.05, 3.63) is 16.6 Å². The Hall–Kier alpha value is -1.38. The Morgan fingerprint density at radius 1 is 1.19 bits per heavy atom. The maximum atomic E-state index is 12.6. The number of fused-ring (bicyclic) bond motifs is 1. The van der Waals surface area contributed by atoms with Crippen molar-refractivity contribution in [2.45, 2.75) is 51.9 Å². The second-order valence-electron chi connectivity index (χ2n) is 8.84. The van der Waals surface area contributed by atoms with Gasteiger partial charge >= 0.3 is 0 Å². The molecule has 0 atom stereocenters. The Morgan fingerprint density at radius 2 is 1.94 bits per heavy atom. The fourth-order valence-corrected chi connectivity index (χ4v) is 6.14. The summed E-state index contributed by atoms with van der Waals surface area (Å²) >= 11 is 5.28. The molecule has 2 aliphatic rings. The zero-order chi connectivity index (χ0) is 22.3. The number of benzene rings is 1. The number of aromatic nitrogens is 1. The van der Waals surface area contributed by atoms with Crippen LogP contribution >= 0.6 is 27.3 Å². The van der Waals surface area contributed by atoms with Gasteiger partial charge in [-0.2, -0.15) is 0 Å². The number of rotatable bonds is 8. The number of carbonyl (C=O) groups excluding carboxylic acids is 1. The third-order valence-electron chi connectivity index (χ3n) is 6.52. The van der Waals surface area contributed by atoms with Crippen LogP contribution in [0, 0.1) is 5.92 Å². The smallest absolute Gasteiger partial charge is 0.223 e. The summed E-state index contributed by atoms with van der Waals surface area (Å²) in [6, 6.07) is 4.10. The minimum atomic E-state index is 0.123. The van der Waals surface area contributed by atoms with Gasteiger partial charge in [-0.3, -0.25) is 4.79 Å². The van der Waals surface area contributed by atoms with E-state index in [0.29, 0.717) is 6.61 Å². The maximum Gasteiger partial charge on any atom is 0.223 e. The van der Waals surface area contributed by atoms with Crippen LogP contribution < -0.4 is 15.0 Å². The molecule has 0 unspecified atom stereocenters. The number of halogens is 1. The first kappa shape index (κ1) is 23.8. The Bertz CT molecular complexity index is 889. The first-order valence-electron chi connectivity index (χ1n) is 12.1. The molecule has 1 aromatic heterocycles. The Balaban J connectivity index is 1.22. The van der Waals surface area contributed by atoms with E-state index in [-0.39, 0.29) is 11.8 Å². The van der Waals surface area contributed by atoms with Crippen LogP contribution in [0.5, 0.6) is 5.75 Å². The molecule has 6 nitrogen and oxygen atoms in total. The van der Waals surface area contributed by atoms with Gasteiger partial charge < -0.3 is 19.9 Å². The molecule has 2 aromatic rings. The van der Waals surface area contributed by atoms with Gasteiger partial charge in [0.2, 0.25) is 5.91 Å². The van der Waals surface area contributed by atoms with E-state index in [1.165, 1.54) is 38.8 Å². The van der Waals surface area contributed by atoms with Crippen LogP contribution in [0.15, 0.2) is 16.6 Å². The average Bonchev–Trinajstić information content (AvgIpc) is 3.03. The summed E-state index contributed by atoms with van der Waals surface area (Å²) < 4.78 is 7.77. The normalized spacial score (nSPS) is 18.6. The highest BCUT2D eigenvalue weighted by Gasteiger charge is 2.26. The van der Waals surface area contributed by atoms with Gasteiger partial charge in [-0.15, -0.1) is 0 Å². The van der Waals surface area contributed by atoms with E-state index < -0.39 is 0 Å². The monoisotopic (exact) mass is 522 g/mol. The first-order chi connectivity index (χ1) is 15.6. The topological polar surface area (TPSA) is 57.7 Å². The van der Waals surface area contributed by atoms with E-state index >= 15 is 0 Å². The van der Waals surface area contributed by atoms with E-state index in [1.807, 2.05) is 13.0 Å². The van der Waals surface area contributed by atoms with Gasteiger partial charge in [-0.25, -0.2) is 4.98 Å². The molecule has 32 heavy (non-hydrogen) atoms. The molecular weight excluding hydrogens is 488 g/mol. The SMILES string of the molecule is CCOc1cc2sc(N3CCC(C(=O)NCCCN4CCCCCC4)CC3)nc2cc1Br. The number of nitrogens with one attached hydrogen (secondary N) is 1. The van der Waals surface area contributed by atoms with Crippen molar-refractivity contribution in [3.8, 4) is 5.75 Å². The Labute approximate surface area is 203 Å². The van der Waals surface area contributed by atoms with E-state index in [2.05, 4.69) is 37.1 Å². The van der Waals surface area contributed by atoms with Crippen molar-refractivity contribution >= 4 is 48.5 Å². The molecule has 0 radical (unpaired) electrons. The molecule has 1 amide bonds. The highest BCUT2D eigenvalue weighted by Crippen LogP contribution is 2.37. The largest absolute Gasteiger partial charge is 0.493 e. The van der Waals surface area contributed by atoms with Crippen molar-refractivity contribution in [1.82, 2.24) is 15.2 Å². The molecule has 3 heterocycles. The summed E-state index contributed by atoms with van der Waals surface area (Å²) in [5.74, 6) is 1.22. The molecular formula is C24H35BrN4O2S. The molecule has 0 aliphatic carbocycles. The lowest BCUT2D eigenvalue weighted by atomic mass is 9.96. The molecule has 8 heteroatoms. The number of carbonyl (C=O) groups is 1. The molecule has 0 bridgehead atoms. The van der Waals surface area contributed by atoms with Gasteiger partial charge in [0, 0.05) is 31.6 Å². The van der Waals surface area contributed by atoms with Gasteiger partial charge in [0.25, 0.3) is 0 Å². The summed E-state index contributed by atoms with van der Waals surface area (Å²) in [4.78, 5) is 22.4. The molecule has 2 aliphatic heterocycles. The number of ether oxygens (including phenoxy) is 1. The molecule has 0 saturated carbocycles. The van der Waals surface area contributed by atoms with Gasteiger partial charge in [0.15, 0.2) is 5.13 Å². The predicted octanol–water partition coefficient (Wildman–Crippen LogP) is 5.06. The number of amides is 1. The molecule has 2 fully saturated rings. The number of thiazole rings is 1. The van der Waals surface area contributed by atoms with Crippen molar-refractivity contribution < 1.29 is 9.53 Å². The number of piperidine rings is 1. The number of hydrogen-bond donors (Lipinski definition) is 1. The van der Waals surface area contributed by atoms with Crippen LogP contribution in [-0.4, -0.2) is 61.7 Å². The first-order valence-corrected chi connectivity index (χ1v) is 13.7. The Kier molecular flexibility index (Phi) is 8.66.